The highest BCUT2D eigenvalue weighted by molar-refractivity contribution is 5.17. The number of hydrogen-bond acceptors (Lipinski definition) is 2. The summed E-state index contributed by atoms with van der Waals surface area (Å²) in [5.74, 6) is 0. The van der Waals surface area contributed by atoms with E-state index in [0.29, 0.717) is 5.41 Å². The van der Waals surface area contributed by atoms with Crippen LogP contribution < -0.4 is 0 Å². The molecule has 1 aromatic rings. The molecule has 0 radical (unpaired) electrons. The highest BCUT2D eigenvalue weighted by Crippen LogP contribution is 2.26. The van der Waals surface area contributed by atoms with E-state index in [1.54, 1.807) is 0 Å². The van der Waals surface area contributed by atoms with Crippen LogP contribution in [0.5, 0.6) is 0 Å². The second-order valence-corrected chi connectivity index (χ2v) is 6.24. The lowest BCUT2D eigenvalue weighted by atomic mass is 9.89. The van der Waals surface area contributed by atoms with Crippen molar-refractivity contribution >= 4 is 0 Å². The summed E-state index contributed by atoms with van der Waals surface area (Å²) in [5, 5.41) is 4.43. The minimum Gasteiger partial charge on any atom is -0.295 e. The Morgan fingerprint density at radius 1 is 1.42 bits per heavy atom. The number of aromatic nitrogens is 2. The first-order chi connectivity index (χ1) is 9.02. The van der Waals surface area contributed by atoms with E-state index in [9.17, 15) is 0 Å². The summed E-state index contributed by atoms with van der Waals surface area (Å²) in [6, 6.07) is 0. The molecule has 0 aromatic carbocycles. The fourth-order valence-electron chi connectivity index (χ4n) is 2.67. The van der Waals surface area contributed by atoms with Gasteiger partial charge in [-0.1, -0.05) is 32.1 Å². The number of rotatable bonds is 4. The summed E-state index contributed by atoms with van der Waals surface area (Å²) < 4.78 is 2.02. The molecule has 2 rings (SSSR count). The Kier molecular flexibility index (Phi) is 4.25. The van der Waals surface area contributed by atoms with E-state index in [2.05, 4.69) is 49.5 Å². The molecular weight excluding hydrogens is 234 g/mol. The zero-order valence-corrected chi connectivity index (χ0v) is 12.4. The van der Waals surface area contributed by atoms with Gasteiger partial charge in [-0.25, -0.2) is 0 Å². The van der Waals surface area contributed by atoms with Crippen LogP contribution in [0.3, 0.4) is 0 Å². The van der Waals surface area contributed by atoms with Gasteiger partial charge in [0.05, 0.1) is 12.7 Å². The predicted octanol–water partition coefficient (Wildman–Crippen LogP) is 3.17. The van der Waals surface area contributed by atoms with Crippen LogP contribution in [0.25, 0.3) is 0 Å². The summed E-state index contributed by atoms with van der Waals surface area (Å²) in [4.78, 5) is 2.51. The lowest BCUT2D eigenvalue weighted by Gasteiger charge is -2.29. The van der Waals surface area contributed by atoms with Crippen LogP contribution >= 0.6 is 0 Å². The molecule has 0 fully saturated rings. The molecule has 0 atom stereocenters. The third kappa shape index (κ3) is 3.57. The maximum absolute atomic E-state index is 4.43. The molecule has 0 spiro atoms. The van der Waals surface area contributed by atoms with Gasteiger partial charge in [-0.3, -0.25) is 9.58 Å². The van der Waals surface area contributed by atoms with Crippen LogP contribution in [0.2, 0.25) is 0 Å². The van der Waals surface area contributed by atoms with Crippen molar-refractivity contribution in [3.8, 4) is 0 Å². The van der Waals surface area contributed by atoms with Crippen molar-refractivity contribution in [3.63, 3.8) is 0 Å². The Balaban J connectivity index is 2.08. The van der Waals surface area contributed by atoms with Crippen molar-refractivity contribution in [2.75, 3.05) is 13.1 Å². The van der Waals surface area contributed by atoms with Crippen LogP contribution in [-0.2, 0) is 13.1 Å². The third-order valence-electron chi connectivity index (χ3n) is 3.75. The molecule has 2 heterocycles. The molecule has 1 aliphatic heterocycles. The molecule has 0 unspecified atom stereocenters. The van der Waals surface area contributed by atoms with E-state index >= 15 is 0 Å². The molecule has 0 N–H and O–H groups in total. The summed E-state index contributed by atoms with van der Waals surface area (Å²) in [6.45, 7) is 14.5. The molecule has 1 aliphatic rings. The average molecular weight is 259 g/mol. The van der Waals surface area contributed by atoms with E-state index in [0.717, 1.165) is 32.6 Å². The first kappa shape index (κ1) is 14.1. The first-order valence-electron chi connectivity index (χ1n) is 7.01. The SMILES string of the molecule is C=CCn1ncc(CN2CC=CCC(C)(C)C2)c1C. The van der Waals surface area contributed by atoms with E-state index in [-0.39, 0.29) is 0 Å². The molecular formula is C16H25N3. The molecule has 0 saturated heterocycles. The second kappa shape index (κ2) is 5.74. The van der Waals surface area contributed by atoms with Gasteiger partial charge in [-0.15, -0.1) is 6.58 Å². The lowest BCUT2D eigenvalue weighted by Crippen LogP contribution is -2.32. The molecule has 0 amide bonds. The number of allylic oxidation sites excluding steroid dienone is 2. The summed E-state index contributed by atoms with van der Waals surface area (Å²) >= 11 is 0. The van der Waals surface area contributed by atoms with Crippen molar-refractivity contribution in [3.05, 3.63) is 42.3 Å². The summed E-state index contributed by atoms with van der Waals surface area (Å²) in [7, 11) is 0. The maximum atomic E-state index is 4.43. The summed E-state index contributed by atoms with van der Waals surface area (Å²) in [6.07, 6.45) is 9.66. The van der Waals surface area contributed by atoms with Crippen LogP contribution in [0.4, 0.5) is 0 Å². The van der Waals surface area contributed by atoms with E-state index in [4.69, 9.17) is 0 Å². The standard InChI is InChI=1S/C16H25N3/c1-5-9-19-14(2)15(11-17-19)12-18-10-7-6-8-16(3,4)13-18/h5-7,11H,1,8-10,12-13H2,2-4H3. The largest absolute Gasteiger partial charge is 0.295 e. The second-order valence-electron chi connectivity index (χ2n) is 6.24. The van der Waals surface area contributed by atoms with Crippen LogP contribution in [-0.4, -0.2) is 27.8 Å². The minimum atomic E-state index is 0.359. The fourth-order valence-corrected chi connectivity index (χ4v) is 2.67. The third-order valence-corrected chi connectivity index (χ3v) is 3.75. The Morgan fingerprint density at radius 3 is 2.95 bits per heavy atom. The Morgan fingerprint density at radius 2 is 2.21 bits per heavy atom. The first-order valence-corrected chi connectivity index (χ1v) is 7.01. The van der Waals surface area contributed by atoms with Crippen molar-refractivity contribution in [2.24, 2.45) is 5.41 Å². The zero-order chi connectivity index (χ0) is 13.9. The number of hydrogen-bond donors (Lipinski definition) is 0. The molecule has 3 nitrogen and oxygen atoms in total. The molecule has 0 saturated carbocycles. The van der Waals surface area contributed by atoms with E-state index in [1.807, 2.05) is 17.0 Å². The van der Waals surface area contributed by atoms with Gasteiger partial charge in [0.1, 0.15) is 0 Å². The van der Waals surface area contributed by atoms with Gasteiger partial charge >= 0.3 is 0 Å². The predicted molar refractivity (Wildman–Crippen MR) is 80.0 cm³/mol. The zero-order valence-electron chi connectivity index (χ0n) is 12.4. The van der Waals surface area contributed by atoms with Crippen molar-refractivity contribution in [1.82, 2.24) is 14.7 Å². The van der Waals surface area contributed by atoms with Crippen LogP contribution in [0, 0.1) is 12.3 Å². The van der Waals surface area contributed by atoms with Crippen molar-refractivity contribution in [2.45, 2.75) is 40.3 Å². The normalized spacial score (nSPS) is 19.3. The highest BCUT2D eigenvalue weighted by Gasteiger charge is 2.23. The monoisotopic (exact) mass is 259 g/mol. The number of nitrogens with zero attached hydrogens (tertiary/aromatic N) is 3. The smallest absolute Gasteiger partial charge is 0.0590 e. The Hall–Kier alpha value is -1.35. The molecule has 3 heteroatoms. The fraction of sp³-hybridized carbons (Fsp3) is 0.562. The average Bonchev–Trinajstić information content (AvgIpc) is 2.58. The molecule has 0 aliphatic carbocycles. The molecule has 0 bridgehead atoms. The van der Waals surface area contributed by atoms with E-state index < -0.39 is 0 Å². The van der Waals surface area contributed by atoms with Gasteiger partial charge < -0.3 is 0 Å². The van der Waals surface area contributed by atoms with Crippen LogP contribution in [0.1, 0.15) is 31.5 Å². The highest BCUT2D eigenvalue weighted by atomic mass is 15.3. The van der Waals surface area contributed by atoms with Gasteiger partial charge in [0.25, 0.3) is 0 Å². The van der Waals surface area contributed by atoms with Gasteiger partial charge in [0.2, 0.25) is 0 Å². The van der Waals surface area contributed by atoms with Gasteiger partial charge in [-0.2, -0.15) is 5.10 Å². The quantitative estimate of drug-likeness (QED) is 0.774. The topological polar surface area (TPSA) is 21.1 Å². The van der Waals surface area contributed by atoms with Gasteiger partial charge in [0, 0.05) is 30.9 Å². The Bertz CT molecular complexity index is 468. The lowest BCUT2D eigenvalue weighted by molar-refractivity contribution is 0.195. The molecule has 104 valence electrons. The maximum Gasteiger partial charge on any atom is 0.0590 e. The van der Waals surface area contributed by atoms with Gasteiger partial charge in [0.15, 0.2) is 0 Å². The van der Waals surface area contributed by atoms with Crippen LogP contribution in [0.15, 0.2) is 31.0 Å². The van der Waals surface area contributed by atoms with E-state index in [1.165, 1.54) is 11.3 Å². The van der Waals surface area contributed by atoms with Crippen molar-refractivity contribution in [1.29, 1.82) is 0 Å². The minimum absolute atomic E-state index is 0.359. The summed E-state index contributed by atoms with van der Waals surface area (Å²) in [5.41, 5.74) is 2.94. The Labute approximate surface area is 116 Å². The van der Waals surface area contributed by atoms with Crippen molar-refractivity contribution < 1.29 is 0 Å². The molecule has 1 aromatic heterocycles. The molecule has 19 heavy (non-hydrogen) atoms. The van der Waals surface area contributed by atoms with Gasteiger partial charge in [-0.05, 0) is 18.8 Å².